The Morgan fingerprint density at radius 1 is 1.28 bits per heavy atom. The summed E-state index contributed by atoms with van der Waals surface area (Å²) in [7, 11) is 0. The molecule has 1 unspecified atom stereocenters. The normalized spacial score (nSPS) is 19.3. The molecule has 2 amide bonds. The van der Waals surface area contributed by atoms with Crippen LogP contribution in [0.25, 0.3) is 0 Å². The van der Waals surface area contributed by atoms with E-state index < -0.39 is 5.41 Å². The fourth-order valence-electron chi connectivity index (χ4n) is 4.07. The van der Waals surface area contributed by atoms with Crippen molar-refractivity contribution < 1.29 is 9.59 Å². The lowest BCUT2D eigenvalue weighted by Crippen LogP contribution is -2.42. The topological polar surface area (TPSA) is 86.4 Å². The second-order valence-corrected chi connectivity index (χ2v) is 9.68. The Morgan fingerprint density at radius 3 is 2.76 bits per heavy atom. The molecule has 8 heteroatoms. The number of amides is 2. The number of nitrogens with one attached hydrogen (secondary N) is 1. The first-order valence-corrected chi connectivity index (χ1v) is 10.9. The lowest BCUT2D eigenvalue weighted by atomic mass is 9.94. The maximum Gasteiger partial charge on any atom is 0.264 e. The summed E-state index contributed by atoms with van der Waals surface area (Å²) in [6.07, 6.45) is 2.15. The predicted molar refractivity (Wildman–Crippen MR) is 111 cm³/mol. The summed E-state index contributed by atoms with van der Waals surface area (Å²) in [6, 6.07) is 3.45. The third-order valence-electron chi connectivity index (χ3n) is 5.58. The number of carbonyl (C=O) groups is 2. The Bertz CT molecular complexity index is 990. The SMILES string of the molecule is CC(C)(C)C(=O)N1CCCC1c1nc2c(c(=O)[nH]1)CCN(C(=O)c1cccs1)C2. The van der Waals surface area contributed by atoms with Crippen LogP contribution in [0, 0.1) is 5.41 Å². The summed E-state index contributed by atoms with van der Waals surface area (Å²) in [4.78, 5) is 50.2. The Hall–Kier alpha value is -2.48. The van der Waals surface area contributed by atoms with Crippen molar-refractivity contribution in [3.8, 4) is 0 Å². The van der Waals surface area contributed by atoms with E-state index in [1.165, 1.54) is 11.3 Å². The highest BCUT2D eigenvalue weighted by Gasteiger charge is 2.37. The number of hydrogen-bond donors (Lipinski definition) is 1. The van der Waals surface area contributed by atoms with E-state index in [4.69, 9.17) is 4.98 Å². The van der Waals surface area contributed by atoms with Crippen molar-refractivity contribution in [2.45, 2.75) is 52.6 Å². The summed E-state index contributed by atoms with van der Waals surface area (Å²) >= 11 is 1.41. The minimum atomic E-state index is -0.485. The second kappa shape index (κ2) is 7.40. The predicted octanol–water partition coefficient (Wildman–Crippen LogP) is 2.74. The summed E-state index contributed by atoms with van der Waals surface area (Å²) in [5, 5.41) is 1.88. The number of aromatic nitrogens is 2. The van der Waals surface area contributed by atoms with Crippen LogP contribution in [-0.4, -0.2) is 44.7 Å². The van der Waals surface area contributed by atoms with Crippen LogP contribution in [0.1, 0.15) is 66.4 Å². The summed E-state index contributed by atoms with van der Waals surface area (Å²) < 4.78 is 0. The van der Waals surface area contributed by atoms with E-state index in [0.29, 0.717) is 48.0 Å². The zero-order chi connectivity index (χ0) is 20.8. The van der Waals surface area contributed by atoms with E-state index in [1.54, 1.807) is 4.90 Å². The molecular weight excluding hydrogens is 388 g/mol. The van der Waals surface area contributed by atoms with E-state index in [0.717, 1.165) is 12.8 Å². The van der Waals surface area contributed by atoms with Crippen LogP contribution in [0.15, 0.2) is 22.3 Å². The number of aromatic amines is 1. The fraction of sp³-hybridized carbons (Fsp3) is 0.524. The number of fused-ring (bicyclic) bond motifs is 1. The highest BCUT2D eigenvalue weighted by Crippen LogP contribution is 2.34. The molecule has 0 saturated carbocycles. The average molecular weight is 415 g/mol. The van der Waals surface area contributed by atoms with Crippen molar-refractivity contribution >= 4 is 23.2 Å². The maximum absolute atomic E-state index is 12.9. The first-order valence-electron chi connectivity index (χ1n) is 10.0. The lowest BCUT2D eigenvalue weighted by Gasteiger charge is -2.31. The van der Waals surface area contributed by atoms with Crippen molar-refractivity contribution in [1.29, 1.82) is 0 Å². The van der Waals surface area contributed by atoms with Crippen molar-refractivity contribution in [2.75, 3.05) is 13.1 Å². The van der Waals surface area contributed by atoms with Crippen LogP contribution in [0.4, 0.5) is 0 Å². The van der Waals surface area contributed by atoms with Crippen LogP contribution in [0.3, 0.4) is 0 Å². The molecule has 29 heavy (non-hydrogen) atoms. The molecule has 0 aromatic carbocycles. The molecule has 0 aliphatic carbocycles. The molecule has 1 fully saturated rings. The van der Waals surface area contributed by atoms with E-state index in [9.17, 15) is 14.4 Å². The smallest absolute Gasteiger partial charge is 0.264 e. The fourth-order valence-corrected chi connectivity index (χ4v) is 4.76. The van der Waals surface area contributed by atoms with Crippen LogP contribution < -0.4 is 5.56 Å². The molecule has 2 aliphatic heterocycles. The van der Waals surface area contributed by atoms with Gasteiger partial charge in [-0.3, -0.25) is 14.4 Å². The Kier molecular flexibility index (Phi) is 5.06. The van der Waals surface area contributed by atoms with Crippen LogP contribution >= 0.6 is 11.3 Å². The van der Waals surface area contributed by atoms with Crippen molar-refractivity contribution in [3.05, 3.63) is 49.8 Å². The molecule has 4 heterocycles. The van der Waals surface area contributed by atoms with Gasteiger partial charge in [0.05, 0.1) is 23.2 Å². The monoisotopic (exact) mass is 414 g/mol. The molecule has 2 aliphatic rings. The summed E-state index contributed by atoms with van der Waals surface area (Å²) in [5.41, 5.74) is 0.662. The largest absolute Gasteiger partial charge is 0.332 e. The number of likely N-dealkylation sites (tertiary alicyclic amines) is 1. The Morgan fingerprint density at radius 2 is 2.07 bits per heavy atom. The lowest BCUT2D eigenvalue weighted by molar-refractivity contribution is -0.140. The van der Waals surface area contributed by atoms with Gasteiger partial charge in [-0.25, -0.2) is 4.98 Å². The van der Waals surface area contributed by atoms with Gasteiger partial charge in [0.2, 0.25) is 5.91 Å². The highest BCUT2D eigenvalue weighted by molar-refractivity contribution is 7.12. The number of H-pyrrole nitrogens is 1. The minimum absolute atomic E-state index is 0.0281. The number of rotatable bonds is 2. The number of thiophene rings is 1. The zero-order valence-corrected chi connectivity index (χ0v) is 17.8. The van der Waals surface area contributed by atoms with Crippen LogP contribution in [-0.2, 0) is 17.8 Å². The van der Waals surface area contributed by atoms with E-state index in [-0.39, 0.29) is 23.4 Å². The quantitative estimate of drug-likeness (QED) is 0.819. The number of carbonyl (C=O) groups excluding carboxylic acids is 2. The van der Waals surface area contributed by atoms with Crippen molar-refractivity contribution in [2.24, 2.45) is 5.41 Å². The molecule has 2 aromatic heterocycles. The van der Waals surface area contributed by atoms with Crippen molar-refractivity contribution in [1.82, 2.24) is 19.8 Å². The Balaban J connectivity index is 1.62. The molecule has 4 rings (SSSR count). The highest BCUT2D eigenvalue weighted by atomic mass is 32.1. The molecule has 2 aromatic rings. The van der Waals surface area contributed by atoms with Gasteiger partial charge in [-0.15, -0.1) is 11.3 Å². The van der Waals surface area contributed by atoms with Gasteiger partial charge in [0.1, 0.15) is 5.82 Å². The summed E-state index contributed by atoms with van der Waals surface area (Å²) in [6.45, 7) is 7.21. The van der Waals surface area contributed by atoms with E-state index in [1.807, 2.05) is 43.2 Å². The molecule has 1 saturated heterocycles. The van der Waals surface area contributed by atoms with Crippen LogP contribution in [0.5, 0.6) is 0 Å². The Labute approximate surface area is 173 Å². The molecule has 7 nitrogen and oxygen atoms in total. The standard InChI is InChI=1S/C21H26N4O3S/c1-21(2,3)20(28)25-9-4-6-15(25)17-22-14-12-24(10-8-13(14)18(26)23-17)19(27)16-7-5-11-29-16/h5,7,11,15H,4,6,8-10,12H2,1-3H3,(H,22,23,26). The van der Waals surface area contributed by atoms with Gasteiger partial charge in [-0.2, -0.15) is 0 Å². The van der Waals surface area contributed by atoms with Gasteiger partial charge in [-0.1, -0.05) is 26.8 Å². The second-order valence-electron chi connectivity index (χ2n) is 8.74. The summed E-state index contributed by atoms with van der Waals surface area (Å²) in [5.74, 6) is 0.573. The van der Waals surface area contributed by atoms with Gasteiger partial charge in [0.25, 0.3) is 11.5 Å². The van der Waals surface area contributed by atoms with E-state index >= 15 is 0 Å². The molecule has 0 radical (unpaired) electrons. The molecule has 1 N–H and O–H groups in total. The molecule has 0 bridgehead atoms. The third-order valence-corrected chi connectivity index (χ3v) is 6.44. The van der Waals surface area contributed by atoms with Gasteiger partial charge in [-0.05, 0) is 30.7 Å². The molecule has 154 valence electrons. The number of nitrogens with zero attached hydrogens (tertiary/aromatic N) is 3. The number of hydrogen-bond acceptors (Lipinski definition) is 5. The maximum atomic E-state index is 12.9. The minimum Gasteiger partial charge on any atom is -0.332 e. The first-order chi connectivity index (χ1) is 13.8. The van der Waals surface area contributed by atoms with Gasteiger partial charge in [0.15, 0.2) is 0 Å². The van der Waals surface area contributed by atoms with Gasteiger partial charge >= 0.3 is 0 Å². The molecular formula is C21H26N4O3S. The van der Waals surface area contributed by atoms with Gasteiger partial charge < -0.3 is 14.8 Å². The van der Waals surface area contributed by atoms with Crippen molar-refractivity contribution in [3.63, 3.8) is 0 Å². The third kappa shape index (κ3) is 3.73. The molecule has 1 atom stereocenters. The average Bonchev–Trinajstić information content (AvgIpc) is 3.37. The van der Waals surface area contributed by atoms with Gasteiger partial charge in [0, 0.05) is 24.1 Å². The zero-order valence-electron chi connectivity index (χ0n) is 17.0. The van der Waals surface area contributed by atoms with Crippen LogP contribution in [0.2, 0.25) is 0 Å². The first kappa shape index (κ1) is 19.8. The van der Waals surface area contributed by atoms with E-state index in [2.05, 4.69) is 4.98 Å². The molecule has 0 spiro atoms.